The third-order valence-corrected chi connectivity index (χ3v) is 4.32. The van der Waals surface area contributed by atoms with E-state index in [4.69, 9.17) is 20.3 Å². The maximum atomic E-state index is 11.8. The third kappa shape index (κ3) is 2.93. The van der Waals surface area contributed by atoms with Crippen molar-refractivity contribution in [2.24, 2.45) is 0 Å². The molecule has 1 saturated carbocycles. The molecular weight excluding hydrogens is 325 g/mol. The van der Waals surface area contributed by atoms with Gasteiger partial charge in [-0.3, -0.25) is 14.3 Å². The van der Waals surface area contributed by atoms with Gasteiger partial charge in [0.25, 0.3) is 5.56 Å². The van der Waals surface area contributed by atoms with Crippen molar-refractivity contribution >= 4 is 24.7 Å². The number of fused-ring (bicyclic) bond motifs is 1. The molecule has 10 nitrogen and oxygen atoms in total. The van der Waals surface area contributed by atoms with Crippen LogP contribution in [0.1, 0.15) is 12.8 Å². The molecule has 0 radical (unpaired) electrons. The van der Waals surface area contributed by atoms with Gasteiger partial charge in [0.2, 0.25) is 5.95 Å². The number of ether oxygens (including phenoxy) is 1. The number of nitrogens with zero attached hydrogens (tertiary/aromatic N) is 3. The Kier molecular flexibility index (Phi) is 3.64. The Bertz CT molecular complexity index is 878. The molecule has 3 rings (SSSR count). The summed E-state index contributed by atoms with van der Waals surface area (Å²) < 4.78 is 17.6. The van der Waals surface area contributed by atoms with Crippen LogP contribution in [-0.2, 0) is 14.8 Å². The fourth-order valence-electron chi connectivity index (χ4n) is 2.55. The van der Waals surface area contributed by atoms with E-state index in [-0.39, 0.29) is 18.1 Å². The van der Waals surface area contributed by atoms with Crippen molar-refractivity contribution in [2.75, 3.05) is 18.7 Å². The molecule has 0 unspecified atom stereocenters. The third-order valence-electron chi connectivity index (χ3n) is 3.80. The molecule has 0 aliphatic heterocycles. The van der Waals surface area contributed by atoms with Gasteiger partial charge in [0.1, 0.15) is 6.35 Å². The summed E-state index contributed by atoms with van der Waals surface area (Å²) in [6.07, 6.45) is 2.31. The Morgan fingerprint density at radius 2 is 2.26 bits per heavy atom. The molecule has 2 aromatic rings. The summed E-state index contributed by atoms with van der Waals surface area (Å²) in [5.74, 6) is -0.0107. The Hall–Kier alpha value is -2.00. The summed E-state index contributed by atoms with van der Waals surface area (Å²) >= 11 is 0. The van der Waals surface area contributed by atoms with Crippen LogP contribution < -0.4 is 11.3 Å². The van der Waals surface area contributed by atoms with E-state index in [2.05, 4.69) is 21.5 Å². The smallest absolute Gasteiger partial charge is 0.350 e. The van der Waals surface area contributed by atoms with Crippen LogP contribution in [0.25, 0.3) is 11.2 Å². The number of H-pyrrole nitrogens is 1. The first-order valence-electron chi connectivity index (χ1n) is 6.77. The molecule has 5 N–H and O–H groups in total. The first-order chi connectivity index (χ1) is 10.7. The maximum Gasteiger partial charge on any atom is 0.350 e. The van der Waals surface area contributed by atoms with Gasteiger partial charge in [0.15, 0.2) is 11.2 Å². The maximum absolute atomic E-state index is 11.8. The molecule has 0 saturated heterocycles. The van der Waals surface area contributed by atoms with Crippen LogP contribution in [0.5, 0.6) is 0 Å². The first kappa shape index (κ1) is 15.9. The zero-order valence-electron chi connectivity index (χ0n) is 12.1. The number of aromatic nitrogens is 4. The standard InChI is InChI=1S/C12H16N5O5P/c1-7(4-22-6-23(19,20)21)12(2-3-12)17-5-14-8-9(17)15-11(13)16-10(8)18/h5H,1-4,6H2,(H2,19,20,21)(H3,13,15,16,18). The largest absolute Gasteiger partial charge is 0.369 e. The molecule has 1 aliphatic rings. The van der Waals surface area contributed by atoms with Crippen LogP contribution in [-0.4, -0.2) is 42.3 Å². The summed E-state index contributed by atoms with van der Waals surface area (Å²) in [5, 5.41) is 0. The number of hydrogen-bond donors (Lipinski definition) is 4. The van der Waals surface area contributed by atoms with Crippen molar-refractivity contribution in [3.8, 4) is 0 Å². The lowest BCUT2D eigenvalue weighted by molar-refractivity contribution is 0.171. The molecule has 2 aromatic heterocycles. The van der Waals surface area contributed by atoms with Gasteiger partial charge in [0, 0.05) is 0 Å². The zero-order chi connectivity index (χ0) is 16.8. The summed E-state index contributed by atoms with van der Waals surface area (Å²) in [5.41, 5.74) is 5.79. The Morgan fingerprint density at radius 1 is 1.57 bits per heavy atom. The zero-order valence-corrected chi connectivity index (χ0v) is 13.0. The average molecular weight is 341 g/mol. The molecule has 1 fully saturated rings. The fourth-order valence-corrected chi connectivity index (χ4v) is 2.87. The van der Waals surface area contributed by atoms with Gasteiger partial charge in [-0.05, 0) is 18.4 Å². The van der Waals surface area contributed by atoms with E-state index < -0.39 is 25.0 Å². The van der Waals surface area contributed by atoms with Gasteiger partial charge in [-0.15, -0.1) is 0 Å². The average Bonchev–Trinajstić information content (AvgIpc) is 3.12. The second kappa shape index (κ2) is 5.27. The normalized spacial score (nSPS) is 16.6. The summed E-state index contributed by atoms with van der Waals surface area (Å²) in [6.45, 7) is 3.93. The number of anilines is 1. The summed E-state index contributed by atoms with van der Waals surface area (Å²) in [4.78, 5) is 40.0. The monoisotopic (exact) mass is 341 g/mol. The molecule has 2 heterocycles. The van der Waals surface area contributed by atoms with Crippen LogP contribution in [0.15, 0.2) is 23.3 Å². The van der Waals surface area contributed by atoms with Gasteiger partial charge in [-0.1, -0.05) is 6.58 Å². The molecular formula is C12H16N5O5P. The van der Waals surface area contributed by atoms with Crippen molar-refractivity contribution in [1.82, 2.24) is 19.5 Å². The van der Waals surface area contributed by atoms with E-state index in [9.17, 15) is 9.36 Å². The molecule has 0 spiro atoms. The molecule has 0 aromatic carbocycles. The van der Waals surface area contributed by atoms with E-state index in [1.165, 1.54) is 6.33 Å². The number of nitrogen functional groups attached to an aromatic ring is 1. The molecule has 0 amide bonds. The summed E-state index contributed by atoms with van der Waals surface area (Å²) in [6, 6.07) is 0. The Balaban J connectivity index is 1.88. The number of hydrogen-bond acceptors (Lipinski definition) is 6. The van der Waals surface area contributed by atoms with Gasteiger partial charge in [-0.2, -0.15) is 4.98 Å². The van der Waals surface area contributed by atoms with Crippen LogP contribution in [0.2, 0.25) is 0 Å². The molecule has 23 heavy (non-hydrogen) atoms. The second-order valence-corrected chi connectivity index (χ2v) is 7.10. The second-order valence-electron chi connectivity index (χ2n) is 5.52. The molecule has 11 heteroatoms. The van der Waals surface area contributed by atoms with E-state index in [1.54, 1.807) is 4.57 Å². The highest BCUT2D eigenvalue weighted by atomic mass is 31.2. The van der Waals surface area contributed by atoms with Gasteiger partial charge in [0.05, 0.1) is 18.5 Å². The lowest BCUT2D eigenvalue weighted by Gasteiger charge is -2.20. The summed E-state index contributed by atoms with van der Waals surface area (Å²) in [7, 11) is -4.22. The minimum Gasteiger partial charge on any atom is -0.369 e. The lowest BCUT2D eigenvalue weighted by Crippen LogP contribution is -2.23. The lowest BCUT2D eigenvalue weighted by atomic mass is 10.1. The van der Waals surface area contributed by atoms with Crippen molar-refractivity contribution in [3.63, 3.8) is 0 Å². The van der Waals surface area contributed by atoms with Crippen LogP contribution in [0.4, 0.5) is 5.95 Å². The predicted octanol–water partition coefficient (Wildman–Crippen LogP) is -0.101. The van der Waals surface area contributed by atoms with E-state index in [1.807, 2.05) is 0 Å². The van der Waals surface area contributed by atoms with Crippen LogP contribution in [0.3, 0.4) is 0 Å². The minimum atomic E-state index is -4.22. The SMILES string of the molecule is C=C(COCP(=O)(O)O)C1(n2cnc3c(=O)[nH]c(N)nc32)CC1. The number of rotatable bonds is 6. The predicted molar refractivity (Wildman–Crippen MR) is 81.8 cm³/mol. The van der Waals surface area contributed by atoms with Crippen molar-refractivity contribution in [3.05, 3.63) is 28.8 Å². The highest BCUT2D eigenvalue weighted by molar-refractivity contribution is 7.51. The van der Waals surface area contributed by atoms with E-state index in [0.29, 0.717) is 11.2 Å². The fraction of sp³-hybridized carbons (Fsp3) is 0.417. The van der Waals surface area contributed by atoms with E-state index in [0.717, 1.165) is 12.8 Å². The number of nitrogens with two attached hydrogens (primary N) is 1. The minimum absolute atomic E-state index is 0.0105. The Morgan fingerprint density at radius 3 is 2.87 bits per heavy atom. The molecule has 0 atom stereocenters. The van der Waals surface area contributed by atoms with Crippen molar-refractivity contribution in [2.45, 2.75) is 18.4 Å². The number of aromatic amines is 1. The highest BCUT2D eigenvalue weighted by Crippen LogP contribution is 2.50. The molecule has 124 valence electrons. The molecule has 1 aliphatic carbocycles. The first-order valence-corrected chi connectivity index (χ1v) is 8.57. The van der Waals surface area contributed by atoms with Crippen molar-refractivity contribution in [1.29, 1.82) is 0 Å². The van der Waals surface area contributed by atoms with E-state index >= 15 is 0 Å². The topological polar surface area (TPSA) is 156 Å². The quantitative estimate of drug-likeness (QED) is 0.419. The van der Waals surface area contributed by atoms with Gasteiger partial charge < -0.3 is 24.8 Å². The van der Waals surface area contributed by atoms with Crippen LogP contribution in [0, 0.1) is 0 Å². The van der Waals surface area contributed by atoms with Crippen LogP contribution >= 0.6 is 7.60 Å². The highest BCUT2D eigenvalue weighted by Gasteiger charge is 2.48. The Labute approximate surface area is 130 Å². The molecule has 0 bridgehead atoms. The van der Waals surface area contributed by atoms with Gasteiger partial charge >= 0.3 is 7.60 Å². The number of imidazole rings is 1. The number of nitrogens with one attached hydrogen (secondary N) is 1. The van der Waals surface area contributed by atoms with Gasteiger partial charge in [-0.25, -0.2) is 4.98 Å². The van der Waals surface area contributed by atoms with Crippen molar-refractivity contribution < 1.29 is 19.1 Å².